The fraction of sp³-hybridized carbons (Fsp3) is 0.385. The highest BCUT2D eigenvalue weighted by atomic mass is 14.8. The molecule has 1 nitrogen and oxygen atoms in total. The summed E-state index contributed by atoms with van der Waals surface area (Å²) >= 11 is 0. The van der Waals surface area contributed by atoms with E-state index < -0.39 is 0 Å². The first-order valence-corrected chi connectivity index (χ1v) is 5.40. The molecule has 0 aliphatic heterocycles. The molecule has 0 amide bonds. The Hall–Kier alpha value is -1.08. The molecule has 1 N–H and O–H groups in total. The predicted molar refractivity (Wildman–Crippen MR) is 61.3 cm³/mol. The highest BCUT2D eigenvalue weighted by Crippen LogP contribution is 2.26. The van der Waals surface area contributed by atoms with E-state index in [4.69, 9.17) is 0 Å². The molecule has 0 fully saturated rings. The third kappa shape index (κ3) is 1.88. The molecule has 1 aromatic carbocycles. The molecule has 74 valence electrons. The number of hydrogen-bond donors (Lipinski definition) is 1. The van der Waals surface area contributed by atoms with Gasteiger partial charge < -0.3 is 5.32 Å². The van der Waals surface area contributed by atoms with Crippen molar-refractivity contribution in [3.63, 3.8) is 0 Å². The third-order valence-corrected chi connectivity index (χ3v) is 2.67. The zero-order chi connectivity index (χ0) is 9.80. The lowest BCUT2D eigenvalue weighted by Crippen LogP contribution is -2.16. The Morgan fingerprint density at radius 3 is 3.00 bits per heavy atom. The number of rotatable bonds is 4. The lowest BCUT2D eigenvalue weighted by atomic mass is 10.1. The van der Waals surface area contributed by atoms with E-state index in [1.807, 2.05) is 0 Å². The average molecular weight is 187 g/mol. The summed E-state index contributed by atoms with van der Waals surface area (Å²) in [7, 11) is 0. The van der Waals surface area contributed by atoms with Crippen molar-refractivity contribution in [2.24, 2.45) is 0 Å². The Balaban J connectivity index is 2.02. The van der Waals surface area contributed by atoms with E-state index in [1.54, 1.807) is 0 Å². The van der Waals surface area contributed by atoms with E-state index in [0.29, 0.717) is 0 Å². The normalized spacial score (nSPS) is 13.9. The molecule has 0 saturated heterocycles. The van der Waals surface area contributed by atoms with Crippen molar-refractivity contribution in [3.05, 3.63) is 41.5 Å². The Morgan fingerprint density at radius 1 is 1.29 bits per heavy atom. The summed E-state index contributed by atoms with van der Waals surface area (Å²) in [4.78, 5) is 0. The predicted octanol–water partition coefficient (Wildman–Crippen LogP) is 2.63. The average Bonchev–Trinajstić information content (AvgIpc) is 2.63. The standard InChI is InChI=1S/C13H17N/c1-2-9-14-10-12-8-7-11-5-3-4-6-13(11)12/h3-6,8,14H,2,7,9-10H2,1H3. The van der Waals surface area contributed by atoms with Gasteiger partial charge >= 0.3 is 0 Å². The van der Waals surface area contributed by atoms with Gasteiger partial charge in [-0.25, -0.2) is 0 Å². The molecule has 0 spiro atoms. The van der Waals surface area contributed by atoms with Crippen LogP contribution in [0.2, 0.25) is 0 Å². The molecule has 0 saturated carbocycles. The van der Waals surface area contributed by atoms with Gasteiger partial charge in [-0.15, -0.1) is 0 Å². The first-order valence-electron chi connectivity index (χ1n) is 5.40. The first kappa shape index (κ1) is 9.47. The van der Waals surface area contributed by atoms with Crippen LogP contribution < -0.4 is 5.32 Å². The maximum Gasteiger partial charge on any atom is 0.0208 e. The van der Waals surface area contributed by atoms with Crippen LogP contribution in [0.15, 0.2) is 30.3 Å². The van der Waals surface area contributed by atoms with E-state index in [0.717, 1.165) is 19.5 Å². The van der Waals surface area contributed by atoms with Crippen LogP contribution in [0.5, 0.6) is 0 Å². The van der Waals surface area contributed by atoms with Crippen LogP contribution in [0.1, 0.15) is 24.5 Å². The second kappa shape index (κ2) is 4.43. The van der Waals surface area contributed by atoms with Crippen LogP contribution in [0, 0.1) is 0 Å². The number of hydrogen-bond acceptors (Lipinski definition) is 1. The van der Waals surface area contributed by atoms with Gasteiger partial charge in [0.25, 0.3) is 0 Å². The molecule has 14 heavy (non-hydrogen) atoms. The molecule has 0 heterocycles. The van der Waals surface area contributed by atoms with E-state index in [9.17, 15) is 0 Å². The van der Waals surface area contributed by atoms with Crippen LogP contribution in [0.3, 0.4) is 0 Å². The van der Waals surface area contributed by atoms with Crippen LogP contribution in [-0.4, -0.2) is 13.1 Å². The second-order valence-corrected chi connectivity index (χ2v) is 3.77. The van der Waals surface area contributed by atoms with Gasteiger partial charge in [-0.2, -0.15) is 0 Å². The van der Waals surface area contributed by atoms with Crippen LogP contribution in [-0.2, 0) is 6.42 Å². The Kier molecular flexibility index (Phi) is 3.00. The quantitative estimate of drug-likeness (QED) is 0.714. The number of nitrogens with one attached hydrogen (secondary N) is 1. The number of benzene rings is 1. The third-order valence-electron chi connectivity index (χ3n) is 2.67. The fourth-order valence-corrected chi connectivity index (χ4v) is 1.92. The summed E-state index contributed by atoms with van der Waals surface area (Å²) in [6.07, 6.45) is 4.65. The molecule has 1 aromatic rings. The fourth-order valence-electron chi connectivity index (χ4n) is 1.92. The lowest BCUT2D eigenvalue weighted by Gasteiger charge is -2.06. The van der Waals surface area contributed by atoms with Gasteiger partial charge in [0.2, 0.25) is 0 Å². The zero-order valence-electron chi connectivity index (χ0n) is 8.72. The van der Waals surface area contributed by atoms with Gasteiger partial charge in [0.1, 0.15) is 0 Å². The summed E-state index contributed by atoms with van der Waals surface area (Å²) in [5.74, 6) is 0. The van der Waals surface area contributed by atoms with Crippen molar-refractivity contribution >= 4 is 5.57 Å². The summed E-state index contributed by atoms with van der Waals surface area (Å²) in [5, 5.41) is 3.45. The van der Waals surface area contributed by atoms with Gasteiger partial charge in [-0.05, 0) is 36.1 Å². The molecule has 1 heteroatoms. The van der Waals surface area contributed by atoms with Gasteiger partial charge in [0.15, 0.2) is 0 Å². The van der Waals surface area contributed by atoms with Gasteiger partial charge in [-0.1, -0.05) is 37.3 Å². The minimum absolute atomic E-state index is 1.02. The SMILES string of the molecule is CCCNCC1=CCc2ccccc21. The van der Waals surface area contributed by atoms with Crippen molar-refractivity contribution in [1.82, 2.24) is 5.32 Å². The molecule has 0 atom stereocenters. The second-order valence-electron chi connectivity index (χ2n) is 3.77. The Morgan fingerprint density at radius 2 is 2.14 bits per heavy atom. The molecular formula is C13H17N. The van der Waals surface area contributed by atoms with Gasteiger partial charge in [-0.3, -0.25) is 0 Å². The maximum absolute atomic E-state index is 3.45. The summed E-state index contributed by atoms with van der Waals surface area (Å²) in [6.45, 7) is 4.33. The van der Waals surface area contributed by atoms with E-state index in [1.165, 1.54) is 23.1 Å². The topological polar surface area (TPSA) is 12.0 Å². The smallest absolute Gasteiger partial charge is 0.0208 e. The molecule has 0 unspecified atom stereocenters. The van der Waals surface area contributed by atoms with E-state index in [-0.39, 0.29) is 0 Å². The van der Waals surface area contributed by atoms with Crippen molar-refractivity contribution in [2.45, 2.75) is 19.8 Å². The summed E-state index contributed by atoms with van der Waals surface area (Å²) in [5.41, 5.74) is 4.38. The van der Waals surface area contributed by atoms with Crippen molar-refractivity contribution < 1.29 is 0 Å². The monoisotopic (exact) mass is 187 g/mol. The molecule has 0 radical (unpaired) electrons. The van der Waals surface area contributed by atoms with E-state index in [2.05, 4.69) is 42.6 Å². The van der Waals surface area contributed by atoms with Crippen molar-refractivity contribution in [1.29, 1.82) is 0 Å². The Labute approximate surface area is 85.8 Å². The van der Waals surface area contributed by atoms with E-state index >= 15 is 0 Å². The lowest BCUT2D eigenvalue weighted by molar-refractivity contribution is 0.735. The number of fused-ring (bicyclic) bond motifs is 1. The molecular weight excluding hydrogens is 170 g/mol. The van der Waals surface area contributed by atoms with Crippen molar-refractivity contribution in [2.75, 3.05) is 13.1 Å². The van der Waals surface area contributed by atoms with Crippen molar-refractivity contribution in [3.8, 4) is 0 Å². The van der Waals surface area contributed by atoms with Crippen LogP contribution >= 0.6 is 0 Å². The molecule has 0 aromatic heterocycles. The molecule has 1 aliphatic carbocycles. The minimum atomic E-state index is 1.02. The molecule has 2 rings (SSSR count). The highest BCUT2D eigenvalue weighted by Gasteiger charge is 2.11. The van der Waals surface area contributed by atoms with Crippen LogP contribution in [0.4, 0.5) is 0 Å². The summed E-state index contributed by atoms with van der Waals surface area (Å²) < 4.78 is 0. The molecule has 0 bridgehead atoms. The zero-order valence-corrected chi connectivity index (χ0v) is 8.72. The van der Waals surface area contributed by atoms with Crippen LogP contribution in [0.25, 0.3) is 5.57 Å². The highest BCUT2D eigenvalue weighted by molar-refractivity contribution is 5.74. The Bertz CT molecular complexity index is 339. The molecule has 1 aliphatic rings. The maximum atomic E-state index is 3.45. The van der Waals surface area contributed by atoms with Gasteiger partial charge in [0.05, 0.1) is 0 Å². The largest absolute Gasteiger partial charge is 0.313 e. The summed E-state index contributed by atoms with van der Waals surface area (Å²) in [6, 6.07) is 8.69. The minimum Gasteiger partial charge on any atom is -0.313 e. The van der Waals surface area contributed by atoms with Gasteiger partial charge in [0, 0.05) is 6.54 Å². The first-order chi connectivity index (χ1) is 6.92. The number of allylic oxidation sites excluding steroid dienone is 1.